The van der Waals surface area contributed by atoms with Crippen LogP contribution >= 0.6 is 0 Å². The number of hydrogen-bond acceptors (Lipinski definition) is 4. The van der Waals surface area contributed by atoms with Crippen molar-refractivity contribution >= 4 is 11.8 Å². The average Bonchev–Trinajstić information content (AvgIpc) is 2.75. The lowest BCUT2D eigenvalue weighted by Gasteiger charge is -2.21. The van der Waals surface area contributed by atoms with Crippen molar-refractivity contribution in [3.63, 3.8) is 0 Å². The topological polar surface area (TPSA) is 102 Å². The van der Waals surface area contributed by atoms with Crippen molar-refractivity contribution in [3.05, 3.63) is 33.1 Å². The maximum absolute atomic E-state index is 12.8. The summed E-state index contributed by atoms with van der Waals surface area (Å²) in [5, 5.41) is 6.02. The predicted molar refractivity (Wildman–Crippen MR) is 130 cm³/mol. The fraction of sp³-hybridized carbons (Fsp3) is 0.760. The molecule has 1 aromatic heterocycles. The van der Waals surface area contributed by atoms with E-state index in [1.54, 1.807) is 0 Å². The normalized spacial score (nSPS) is 15.9. The molecule has 0 unspecified atom stereocenters. The van der Waals surface area contributed by atoms with Gasteiger partial charge in [-0.05, 0) is 25.7 Å². The Morgan fingerprint density at radius 3 is 2.30 bits per heavy atom. The summed E-state index contributed by atoms with van der Waals surface area (Å²) in [4.78, 5) is 50.3. The highest BCUT2D eigenvalue weighted by Gasteiger charge is 2.17. The maximum atomic E-state index is 12.8. The third-order valence-corrected chi connectivity index (χ3v) is 6.38. The van der Waals surface area contributed by atoms with E-state index in [-0.39, 0.29) is 37.0 Å². The molecule has 1 saturated carbocycles. The van der Waals surface area contributed by atoms with E-state index >= 15 is 0 Å². The van der Waals surface area contributed by atoms with Crippen LogP contribution in [0.4, 0.5) is 0 Å². The van der Waals surface area contributed by atoms with Crippen LogP contribution in [0, 0.1) is 0 Å². The zero-order chi connectivity index (χ0) is 24.1. The Morgan fingerprint density at radius 1 is 0.939 bits per heavy atom. The Labute approximate surface area is 197 Å². The lowest BCUT2D eigenvalue weighted by Crippen LogP contribution is -2.46. The summed E-state index contributed by atoms with van der Waals surface area (Å²) in [6, 6.07) is 1.42. The van der Waals surface area contributed by atoms with Gasteiger partial charge in [-0.3, -0.25) is 23.5 Å². The molecule has 8 nitrogen and oxygen atoms in total. The largest absolute Gasteiger partial charge is 0.352 e. The van der Waals surface area contributed by atoms with Gasteiger partial charge in [-0.15, -0.1) is 0 Å². The first-order valence-electron chi connectivity index (χ1n) is 12.8. The number of rotatable bonds is 12. The van der Waals surface area contributed by atoms with Gasteiger partial charge in [0.15, 0.2) is 0 Å². The molecule has 2 amide bonds. The van der Waals surface area contributed by atoms with Crippen LogP contribution < -0.4 is 21.9 Å². The van der Waals surface area contributed by atoms with Crippen molar-refractivity contribution < 1.29 is 9.59 Å². The molecule has 2 N–H and O–H groups in total. The summed E-state index contributed by atoms with van der Waals surface area (Å²) < 4.78 is 2.12. The van der Waals surface area contributed by atoms with Gasteiger partial charge in [0.25, 0.3) is 5.56 Å². The second-order valence-corrected chi connectivity index (χ2v) is 9.31. The standard InChI is InChI=1S/C25H42N4O4/c1-3-5-9-13-20(12-4-2)26-22(30)18-28-17-16-24(32)29(25(28)33)19-23(31)27-21-14-10-7-6-8-11-15-21/h16-17,20-21H,3-15,18-19H2,1-2H3,(H,26,30)(H,27,31)/t20-/m1/s1. The van der Waals surface area contributed by atoms with E-state index in [0.29, 0.717) is 0 Å². The van der Waals surface area contributed by atoms with Crippen molar-refractivity contribution in [1.29, 1.82) is 0 Å². The minimum Gasteiger partial charge on any atom is -0.352 e. The minimum absolute atomic E-state index is 0.0882. The maximum Gasteiger partial charge on any atom is 0.331 e. The number of aromatic nitrogens is 2. The first-order valence-corrected chi connectivity index (χ1v) is 12.8. The van der Waals surface area contributed by atoms with Crippen LogP contribution in [-0.2, 0) is 22.7 Å². The van der Waals surface area contributed by atoms with E-state index in [1.165, 1.54) is 36.1 Å². The SMILES string of the molecule is CCCCC[C@@H](CCC)NC(=O)Cn1ccc(=O)n(CC(=O)NC2CCCCCCC2)c1=O. The smallest absolute Gasteiger partial charge is 0.331 e. The molecule has 1 heterocycles. The average molecular weight is 463 g/mol. The molecular formula is C25H42N4O4. The highest BCUT2D eigenvalue weighted by molar-refractivity contribution is 5.76. The van der Waals surface area contributed by atoms with Gasteiger partial charge in [-0.2, -0.15) is 0 Å². The summed E-state index contributed by atoms with van der Waals surface area (Å²) in [5.41, 5.74) is -1.17. The zero-order valence-corrected chi connectivity index (χ0v) is 20.4. The number of nitrogens with one attached hydrogen (secondary N) is 2. The van der Waals surface area contributed by atoms with Gasteiger partial charge in [-0.25, -0.2) is 4.79 Å². The number of unbranched alkanes of at least 4 members (excludes halogenated alkanes) is 2. The summed E-state index contributed by atoms with van der Waals surface area (Å²) in [6.45, 7) is 3.73. The predicted octanol–water partition coefficient (Wildman–Crippen LogP) is 3.10. The van der Waals surface area contributed by atoms with Crippen LogP contribution in [0.2, 0.25) is 0 Å². The molecule has 186 valence electrons. The van der Waals surface area contributed by atoms with Crippen molar-refractivity contribution in [2.75, 3.05) is 0 Å². The Bertz CT molecular complexity index is 853. The molecule has 0 aromatic carbocycles. The Hall–Kier alpha value is -2.38. The molecule has 0 bridgehead atoms. The van der Waals surface area contributed by atoms with Crippen LogP contribution in [-0.4, -0.2) is 33.0 Å². The molecule has 0 aliphatic heterocycles. The van der Waals surface area contributed by atoms with Crippen molar-refractivity contribution in [2.45, 2.75) is 122 Å². The zero-order valence-electron chi connectivity index (χ0n) is 20.4. The van der Waals surface area contributed by atoms with Crippen molar-refractivity contribution in [3.8, 4) is 0 Å². The molecule has 33 heavy (non-hydrogen) atoms. The van der Waals surface area contributed by atoms with Gasteiger partial charge >= 0.3 is 5.69 Å². The van der Waals surface area contributed by atoms with E-state index in [0.717, 1.165) is 68.8 Å². The summed E-state index contributed by atoms with van der Waals surface area (Å²) >= 11 is 0. The van der Waals surface area contributed by atoms with Gasteiger partial charge in [0.2, 0.25) is 11.8 Å². The van der Waals surface area contributed by atoms with Gasteiger partial charge in [-0.1, -0.05) is 71.6 Å². The third-order valence-electron chi connectivity index (χ3n) is 6.38. The van der Waals surface area contributed by atoms with Crippen LogP contribution in [0.3, 0.4) is 0 Å². The lowest BCUT2D eigenvalue weighted by molar-refractivity contribution is -0.123. The molecule has 1 aliphatic carbocycles. The molecule has 1 aromatic rings. The molecule has 0 saturated heterocycles. The van der Waals surface area contributed by atoms with E-state index in [9.17, 15) is 19.2 Å². The van der Waals surface area contributed by atoms with E-state index in [4.69, 9.17) is 0 Å². The summed E-state index contributed by atoms with van der Waals surface area (Å²) in [6.07, 6.45) is 15.0. The molecule has 2 rings (SSSR count). The fourth-order valence-corrected chi connectivity index (χ4v) is 4.55. The molecule has 1 atom stereocenters. The number of amides is 2. The number of carbonyl (C=O) groups is 2. The minimum atomic E-state index is -0.636. The number of carbonyl (C=O) groups excluding carboxylic acids is 2. The Morgan fingerprint density at radius 2 is 1.64 bits per heavy atom. The number of hydrogen-bond donors (Lipinski definition) is 2. The summed E-state index contributed by atoms with van der Waals surface area (Å²) in [7, 11) is 0. The fourth-order valence-electron chi connectivity index (χ4n) is 4.55. The first kappa shape index (κ1) is 26.9. The van der Waals surface area contributed by atoms with E-state index < -0.39 is 11.2 Å². The molecule has 8 heteroatoms. The van der Waals surface area contributed by atoms with Gasteiger partial charge in [0.05, 0.1) is 0 Å². The van der Waals surface area contributed by atoms with Gasteiger partial charge < -0.3 is 10.6 Å². The van der Waals surface area contributed by atoms with Gasteiger partial charge in [0, 0.05) is 24.3 Å². The second-order valence-electron chi connectivity index (χ2n) is 9.31. The Kier molecular flexibility index (Phi) is 12.0. The van der Waals surface area contributed by atoms with E-state index in [2.05, 4.69) is 24.5 Å². The third kappa shape index (κ3) is 9.56. The first-order chi connectivity index (χ1) is 15.9. The van der Waals surface area contributed by atoms with E-state index in [1.807, 2.05) is 0 Å². The summed E-state index contributed by atoms with van der Waals surface area (Å²) in [5.74, 6) is -0.586. The lowest BCUT2D eigenvalue weighted by atomic mass is 9.97. The molecular weight excluding hydrogens is 420 g/mol. The van der Waals surface area contributed by atoms with Crippen LogP contribution in [0.15, 0.2) is 21.9 Å². The molecule has 0 radical (unpaired) electrons. The Balaban J connectivity index is 1.99. The van der Waals surface area contributed by atoms with Crippen molar-refractivity contribution in [2.24, 2.45) is 0 Å². The van der Waals surface area contributed by atoms with Crippen LogP contribution in [0.1, 0.15) is 97.3 Å². The highest BCUT2D eigenvalue weighted by Crippen LogP contribution is 2.17. The second kappa shape index (κ2) is 14.7. The molecule has 1 fully saturated rings. The molecule has 0 spiro atoms. The van der Waals surface area contributed by atoms with Crippen molar-refractivity contribution in [1.82, 2.24) is 19.8 Å². The van der Waals surface area contributed by atoms with Crippen LogP contribution in [0.5, 0.6) is 0 Å². The van der Waals surface area contributed by atoms with Crippen LogP contribution in [0.25, 0.3) is 0 Å². The monoisotopic (exact) mass is 462 g/mol. The number of nitrogens with zero attached hydrogens (tertiary/aromatic N) is 2. The highest BCUT2D eigenvalue weighted by atomic mass is 16.2. The molecule has 1 aliphatic rings. The van der Waals surface area contributed by atoms with Gasteiger partial charge in [0.1, 0.15) is 13.1 Å². The quantitative estimate of drug-likeness (QED) is 0.466.